The number of hydrogen-bond donors (Lipinski definition) is 0. The van der Waals surface area contributed by atoms with Crippen molar-refractivity contribution in [3.8, 4) is 6.07 Å². The van der Waals surface area contributed by atoms with E-state index in [0.717, 1.165) is 30.6 Å². The summed E-state index contributed by atoms with van der Waals surface area (Å²) >= 11 is 0. The molecular formula is C28H31N5O2. The molecule has 0 unspecified atom stereocenters. The number of aromatic nitrogens is 2. The molecule has 0 spiro atoms. The number of carbonyl (C=O) groups excluding carboxylic acids is 1. The van der Waals surface area contributed by atoms with Gasteiger partial charge in [0.25, 0.3) is 0 Å². The van der Waals surface area contributed by atoms with Crippen molar-refractivity contribution in [2.24, 2.45) is 5.92 Å². The van der Waals surface area contributed by atoms with Crippen LogP contribution in [0.25, 0.3) is 17.1 Å². The number of hydrogen-bond acceptors (Lipinski definition) is 7. The molecular weight excluding hydrogens is 438 g/mol. The van der Waals surface area contributed by atoms with E-state index in [1.807, 2.05) is 56.3 Å². The second kappa shape index (κ2) is 11.5. The number of nitrogens with zero attached hydrogens (tertiary/aromatic N) is 5. The third kappa shape index (κ3) is 5.96. The second-order valence-electron chi connectivity index (χ2n) is 8.88. The minimum absolute atomic E-state index is 0.234. The molecule has 0 N–H and O–H groups in total. The lowest BCUT2D eigenvalue weighted by molar-refractivity contribution is -0.145. The highest BCUT2D eigenvalue weighted by molar-refractivity contribution is 5.85. The third-order valence-corrected chi connectivity index (χ3v) is 6.31. The Morgan fingerprint density at radius 2 is 1.71 bits per heavy atom. The fraction of sp³-hybridized carbons (Fsp3) is 0.357. The Labute approximate surface area is 206 Å². The van der Waals surface area contributed by atoms with Crippen LogP contribution in [0.15, 0.2) is 60.8 Å². The second-order valence-corrected chi connectivity index (χ2v) is 8.88. The van der Waals surface area contributed by atoms with Crippen molar-refractivity contribution < 1.29 is 9.53 Å². The monoisotopic (exact) mass is 469 g/mol. The Kier molecular flexibility index (Phi) is 7.94. The van der Waals surface area contributed by atoms with E-state index >= 15 is 0 Å². The molecule has 35 heavy (non-hydrogen) atoms. The van der Waals surface area contributed by atoms with Gasteiger partial charge >= 0.3 is 5.97 Å². The summed E-state index contributed by atoms with van der Waals surface area (Å²) in [5.74, 6) is -0.870. The summed E-state index contributed by atoms with van der Waals surface area (Å²) in [6.07, 6.45) is 5.12. The summed E-state index contributed by atoms with van der Waals surface area (Å²) in [7, 11) is 0. The SMILES string of the molecule is CC[C@@H](C)COC(=O)[C@@H](C#N)c1nc2ccccc2nc1N1CCN(/C=C/c2ccccc2)CC1. The van der Waals surface area contributed by atoms with Crippen LogP contribution in [-0.2, 0) is 9.53 Å². The smallest absolute Gasteiger partial charge is 0.329 e. The van der Waals surface area contributed by atoms with Crippen molar-refractivity contribution in [2.75, 3.05) is 37.7 Å². The summed E-state index contributed by atoms with van der Waals surface area (Å²) in [4.78, 5) is 26.9. The van der Waals surface area contributed by atoms with Gasteiger partial charge in [-0.05, 0) is 35.9 Å². The highest BCUT2D eigenvalue weighted by Gasteiger charge is 2.31. The molecule has 1 aliphatic rings. The lowest BCUT2D eigenvalue weighted by Gasteiger charge is -2.35. The van der Waals surface area contributed by atoms with Gasteiger partial charge in [0, 0.05) is 26.2 Å². The van der Waals surface area contributed by atoms with Gasteiger partial charge in [0.2, 0.25) is 0 Å². The zero-order valence-electron chi connectivity index (χ0n) is 20.3. The number of fused-ring (bicyclic) bond motifs is 1. The molecule has 7 heteroatoms. The maximum Gasteiger partial charge on any atom is 0.329 e. The van der Waals surface area contributed by atoms with Crippen LogP contribution in [-0.4, -0.2) is 53.6 Å². The molecule has 0 bridgehead atoms. The number of rotatable bonds is 8. The summed E-state index contributed by atoms with van der Waals surface area (Å²) < 4.78 is 5.48. The molecule has 0 saturated carbocycles. The number of nitriles is 1. The molecule has 7 nitrogen and oxygen atoms in total. The average molecular weight is 470 g/mol. The molecule has 0 radical (unpaired) electrons. The highest BCUT2D eigenvalue weighted by atomic mass is 16.5. The Morgan fingerprint density at radius 1 is 1.06 bits per heavy atom. The molecule has 4 rings (SSSR count). The van der Waals surface area contributed by atoms with Gasteiger partial charge in [0.05, 0.1) is 23.7 Å². The quantitative estimate of drug-likeness (QED) is 0.445. The van der Waals surface area contributed by atoms with Crippen molar-refractivity contribution in [1.82, 2.24) is 14.9 Å². The fourth-order valence-corrected chi connectivity index (χ4v) is 3.92. The van der Waals surface area contributed by atoms with Gasteiger partial charge in [-0.25, -0.2) is 9.97 Å². The van der Waals surface area contributed by atoms with Gasteiger partial charge in [-0.3, -0.25) is 4.79 Å². The first kappa shape index (κ1) is 24.2. The van der Waals surface area contributed by atoms with Crippen LogP contribution < -0.4 is 4.90 Å². The van der Waals surface area contributed by atoms with Crippen molar-refractivity contribution in [2.45, 2.75) is 26.2 Å². The van der Waals surface area contributed by atoms with Gasteiger partial charge in [0.1, 0.15) is 5.69 Å². The first-order valence-corrected chi connectivity index (χ1v) is 12.1. The molecule has 3 aromatic rings. The standard InChI is InChI=1S/C28H31N5O2/c1-3-21(2)20-35-28(34)23(19-29)26-27(31-25-12-8-7-11-24(25)30-26)33-17-15-32(16-18-33)14-13-22-9-5-4-6-10-22/h4-14,21,23H,3,15-18,20H2,1-2H3/b14-13+/t21-,23+/m1/s1. The molecule has 1 aliphatic heterocycles. The van der Waals surface area contributed by atoms with Gasteiger partial charge < -0.3 is 14.5 Å². The number of para-hydroxylation sites is 2. The van der Waals surface area contributed by atoms with Crippen molar-refractivity contribution in [3.63, 3.8) is 0 Å². The molecule has 1 saturated heterocycles. The van der Waals surface area contributed by atoms with Gasteiger partial charge in [-0.15, -0.1) is 0 Å². The number of esters is 1. The van der Waals surface area contributed by atoms with Gasteiger partial charge in [-0.2, -0.15) is 5.26 Å². The normalized spacial score (nSPS) is 15.7. The Bertz CT molecular complexity index is 1210. The van der Waals surface area contributed by atoms with E-state index in [1.165, 1.54) is 0 Å². The Hall–Kier alpha value is -3.92. The van der Waals surface area contributed by atoms with E-state index in [2.05, 4.69) is 40.3 Å². The maximum absolute atomic E-state index is 12.9. The first-order chi connectivity index (χ1) is 17.1. The Balaban J connectivity index is 1.56. The predicted molar refractivity (Wildman–Crippen MR) is 138 cm³/mol. The molecule has 1 aromatic heterocycles. The van der Waals surface area contributed by atoms with Crippen LogP contribution in [0.4, 0.5) is 5.82 Å². The third-order valence-electron chi connectivity index (χ3n) is 6.31. The zero-order chi connectivity index (χ0) is 24.6. The molecule has 0 amide bonds. The number of ether oxygens (including phenoxy) is 1. The predicted octanol–water partition coefficient (Wildman–Crippen LogP) is 4.62. The number of piperazine rings is 1. The summed E-state index contributed by atoms with van der Waals surface area (Å²) in [5.41, 5.74) is 2.92. The van der Waals surface area contributed by atoms with E-state index < -0.39 is 11.9 Å². The molecule has 2 aromatic carbocycles. The molecule has 0 aliphatic carbocycles. The fourth-order valence-electron chi connectivity index (χ4n) is 3.92. The molecule has 2 atom stereocenters. The van der Waals surface area contributed by atoms with Crippen molar-refractivity contribution >= 4 is 28.9 Å². The van der Waals surface area contributed by atoms with E-state index in [1.54, 1.807) is 0 Å². The lowest BCUT2D eigenvalue weighted by atomic mass is 10.1. The minimum Gasteiger partial charge on any atom is -0.464 e. The van der Waals surface area contributed by atoms with Crippen LogP contribution in [0.3, 0.4) is 0 Å². The highest BCUT2D eigenvalue weighted by Crippen LogP contribution is 2.29. The van der Waals surface area contributed by atoms with E-state index in [4.69, 9.17) is 14.7 Å². The van der Waals surface area contributed by atoms with E-state index in [-0.39, 0.29) is 12.5 Å². The van der Waals surface area contributed by atoms with Crippen LogP contribution in [0, 0.1) is 17.2 Å². The largest absolute Gasteiger partial charge is 0.464 e. The van der Waals surface area contributed by atoms with Gasteiger partial charge in [-0.1, -0.05) is 62.7 Å². The number of anilines is 1. The topological polar surface area (TPSA) is 82.3 Å². The van der Waals surface area contributed by atoms with Crippen molar-refractivity contribution in [1.29, 1.82) is 5.26 Å². The first-order valence-electron chi connectivity index (χ1n) is 12.1. The van der Waals surface area contributed by atoms with Crippen LogP contribution in [0.5, 0.6) is 0 Å². The molecule has 1 fully saturated rings. The van der Waals surface area contributed by atoms with Crippen LogP contribution in [0.2, 0.25) is 0 Å². The lowest BCUT2D eigenvalue weighted by Crippen LogP contribution is -2.45. The molecule has 2 heterocycles. The van der Waals surface area contributed by atoms with Crippen LogP contribution >= 0.6 is 0 Å². The van der Waals surface area contributed by atoms with Crippen LogP contribution in [0.1, 0.15) is 37.4 Å². The average Bonchev–Trinajstić information content (AvgIpc) is 2.91. The Morgan fingerprint density at radius 3 is 2.37 bits per heavy atom. The van der Waals surface area contributed by atoms with E-state index in [9.17, 15) is 10.1 Å². The zero-order valence-corrected chi connectivity index (χ0v) is 20.3. The summed E-state index contributed by atoms with van der Waals surface area (Å²) in [5, 5.41) is 9.93. The molecule has 180 valence electrons. The number of carbonyl (C=O) groups is 1. The van der Waals surface area contributed by atoms with E-state index in [0.29, 0.717) is 30.1 Å². The summed E-state index contributed by atoms with van der Waals surface area (Å²) in [6.45, 7) is 7.36. The minimum atomic E-state index is -1.12. The van der Waals surface area contributed by atoms with Crippen molar-refractivity contribution in [3.05, 3.63) is 72.1 Å². The van der Waals surface area contributed by atoms with Gasteiger partial charge in [0.15, 0.2) is 11.7 Å². The summed E-state index contributed by atoms with van der Waals surface area (Å²) in [6, 6.07) is 19.9. The number of benzene rings is 2. The maximum atomic E-state index is 12.9.